The van der Waals surface area contributed by atoms with Crippen molar-refractivity contribution < 1.29 is 4.79 Å². The zero-order chi connectivity index (χ0) is 13.4. The van der Waals surface area contributed by atoms with Crippen LogP contribution in [0.3, 0.4) is 0 Å². The van der Waals surface area contributed by atoms with Gasteiger partial charge in [-0.05, 0) is 24.4 Å². The van der Waals surface area contributed by atoms with Crippen LogP contribution < -0.4 is 11.1 Å². The molecule has 0 aliphatic rings. The SMILES string of the molecule is Cc1[nH]nc(NC(=O)c2cc3ccccc3s2)c1N. The minimum absolute atomic E-state index is 0.195. The Morgan fingerprint density at radius 2 is 2.21 bits per heavy atom. The van der Waals surface area contributed by atoms with Crippen molar-refractivity contribution in [1.29, 1.82) is 0 Å². The van der Waals surface area contributed by atoms with Crippen molar-refractivity contribution in [1.82, 2.24) is 10.2 Å². The zero-order valence-electron chi connectivity index (χ0n) is 10.2. The Hall–Kier alpha value is -2.34. The fourth-order valence-corrected chi connectivity index (χ4v) is 2.75. The van der Waals surface area contributed by atoms with Crippen LogP contribution in [0.1, 0.15) is 15.4 Å². The Balaban J connectivity index is 1.89. The van der Waals surface area contributed by atoms with Gasteiger partial charge in [0.25, 0.3) is 5.91 Å². The van der Waals surface area contributed by atoms with E-state index < -0.39 is 0 Å². The highest BCUT2D eigenvalue weighted by Crippen LogP contribution is 2.26. The molecular formula is C13H12N4OS. The topological polar surface area (TPSA) is 83.8 Å². The number of anilines is 2. The molecule has 0 bridgehead atoms. The standard InChI is InChI=1S/C13H12N4OS/c1-7-11(14)12(17-16-7)15-13(18)10-6-8-4-2-3-5-9(8)19-10/h2-6H,14H2,1H3,(H2,15,16,17,18). The molecule has 0 spiro atoms. The number of carbonyl (C=O) groups excluding carboxylic acids is 1. The summed E-state index contributed by atoms with van der Waals surface area (Å²) in [7, 11) is 0. The van der Waals surface area contributed by atoms with Crippen LogP contribution in [0.2, 0.25) is 0 Å². The first kappa shape index (κ1) is 11.7. The van der Waals surface area contributed by atoms with Crippen molar-refractivity contribution >= 4 is 38.8 Å². The molecule has 1 aromatic carbocycles. The maximum atomic E-state index is 12.1. The molecule has 0 fully saturated rings. The summed E-state index contributed by atoms with van der Waals surface area (Å²) in [6, 6.07) is 9.74. The van der Waals surface area contributed by atoms with Crippen molar-refractivity contribution in [3.63, 3.8) is 0 Å². The van der Waals surface area contributed by atoms with Crippen LogP contribution in [-0.4, -0.2) is 16.1 Å². The molecular weight excluding hydrogens is 260 g/mol. The second kappa shape index (κ2) is 4.40. The van der Waals surface area contributed by atoms with E-state index in [1.807, 2.05) is 30.3 Å². The highest BCUT2D eigenvalue weighted by Gasteiger charge is 2.14. The summed E-state index contributed by atoms with van der Waals surface area (Å²) in [6.45, 7) is 1.80. The van der Waals surface area contributed by atoms with Crippen molar-refractivity contribution in [3.05, 3.63) is 40.9 Å². The molecule has 0 aliphatic carbocycles. The van der Waals surface area contributed by atoms with Crippen molar-refractivity contribution in [3.8, 4) is 0 Å². The summed E-state index contributed by atoms with van der Waals surface area (Å²) in [6.07, 6.45) is 0. The van der Waals surface area contributed by atoms with Crippen molar-refractivity contribution in [2.75, 3.05) is 11.1 Å². The number of aromatic amines is 1. The van der Waals surface area contributed by atoms with E-state index in [4.69, 9.17) is 5.73 Å². The second-order valence-electron chi connectivity index (χ2n) is 4.21. The van der Waals surface area contributed by atoms with Gasteiger partial charge in [-0.15, -0.1) is 11.3 Å². The summed E-state index contributed by atoms with van der Waals surface area (Å²) in [4.78, 5) is 12.8. The Bertz CT molecular complexity index is 726. The molecule has 4 N–H and O–H groups in total. The number of hydrogen-bond donors (Lipinski definition) is 3. The smallest absolute Gasteiger partial charge is 0.267 e. The van der Waals surface area contributed by atoms with Gasteiger partial charge in [0.05, 0.1) is 16.3 Å². The molecule has 3 rings (SSSR count). The quantitative estimate of drug-likeness (QED) is 0.670. The van der Waals surface area contributed by atoms with Gasteiger partial charge >= 0.3 is 0 Å². The number of hydrogen-bond acceptors (Lipinski definition) is 4. The number of rotatable bonds is 2. The Labute approximate surface area is 113 Å². The Morgan fingerprint density at radius 3 is 2.89 bits per heavy atom. The molecule has 0 atom stereocenters. The van der Waals surface area contributed by atoms with Crippen LogP contribution >= 0.6 is 11.3 Å². The van der Waals surface area contributed by atoms with E-state index >= 15 is 0 Å². The number of benzene rings is 1. The van der Waals surface area contributed by atoms with Gasteiger partial charge < -0.3 is 11.1 Å². The molecule has 2 aromatic heterocycles. The third kappa shape index (κ3) is 2.06. The van der Waals surface area contributed by atoms with Gasteiger partial charge in [-0.25, -0.2) is 0 Å². The summed E-state index contributed by atoms with van der Waals surface area (Å²) >= 11 is 1.45. The van der Waals surface area contributed by atoms with Gasteiger partial charge in [-0.1, -0.05) is 18.2 Å². The normalized spacial score (nSPS) is 10.8. The van der Waals surface area contributed by atoms with E-state index in [2.05, 4.69) is 15.5 Å². The molecule has 1 amide bonds. The number of nitrogens with two attached hydrogens (primary N) is 1. The van der Waals surface area contributed by atoms with Gasteiger partial charge in [-0.3, -0.25) is 9.89 Å². The third-order valence-electron chi connectivity index (χ3n) is 2.88. The predicted octanol–water partition coefficient (Wildman–Crippen LogP) is 2.77. The second-order valence-corrected chi connectivity index (χ2v) is 5.30. The number of amides is 1. The van der Waals surface area contributed by atoms with Crippen LogP contribution in [-0.2, 0) is 0 Å². The lowest BCUT2D eigenvalue weighted by atomic mass is 10.2. The maximum Gasteiger partial charge on any atom is 0.267 e. The van der Waals surface area contributed by atoms with Crippen molar-refractivity contribution in [2.24, 2.45) is 0 Å². The summed E-state index contributed by atoms with van der Waals surface area (Å²) in [5.41, 5.74) is 7.01. The summed E-state index contributed by atoms with van der Waals surface area (Å²) < 4.78 is 1.08. The van der Waals surface area contributed by atoms with Crippen LogP contribution in [0.4, 0.5) is 11.5 Å². The number of thiophene rings is 1. The fourth-order valence-electron chi connectivity index (χ4n) is 1.80. The third-order valence-corrected chi connectivity index (χ3v) is 3.99. The fraction of sp³-hybridized carbons (Fsp3) is 0.0769. The molecule has 0 saturated heterocycles. The first-order valence-corrected chi connectivity index (χ1v) is 6.57. The van der Waals surface area contributed by atoms with Crippen LogP contribution in [0, 0.1) is 6.92 Å². The average molecular weight is 272 g/mol. The molecule has 2 heterocycles. The van der Waals surface area contributed by atoms with E-state index in [-0.39, 0.29) is 5.91 Å². The van der Waals surface area contributed by atoms with Crippen LogP contribution in [0.15, 0.2) is 30.3 Å². The largest absolute Gasteiger partial charge is 0.394 e. The predicted molar refractivity (Wildman–Crippen MR) is 77.5 cm³/mol. The number of aryl methyl sites for hydroxylation is 1. The number of fused-ring (bicyclic) bond motifs is 1. The average Bonchev–Trinajstić information content (AvgIpc) is 2.97. The van der Waals surface area contributed by atoms with Crippen LogP contribution in [0.25, 0.3) is 10.1 Å². The summed E-state index contributed by atoms with van der Waals surface area (Å²) in [5, 5.41) is 10.5. The van der Waals surface area contributed by atoms with E-state index in [0.29, 0.717) is 16.4 Å². The first-order valence-electron chi connectivity index (χ1n) is 5.75. The molecule has 0 radical (unpaired) electrons. The number of nitrogen functional groups attached to an aromatic ring is 1. The first-order chi connectivity index (χ1) is 9.15. The van der Waals surface area contributed by atoms with Gasteiger partial charge in [0.1, 0.15) is 0 Å². The van der Waals surface area contributed by atoms with E-state index in [1.54, 1.807) is 6.92 Å². The Kier molecular flexibility index (Phi) is 2.72. The lowest BCUT2D eigenvalue weighted by Gasteiger charge is -2.00. The van der Waals surface area contributed by atoms with Gasteiger partial charge in [0, 0.05) is 4.70 Å². The molecule has 0 unspecified atom stereocenters. The number of aromatic nitrogens is 2. The molecule has 0 aliphatic heterocycles. The molecule has 3 aromatic rings. The number of nitrogens with zero attached hydrogens (tertiary/aromatic N) is 1. The lowest BCUT2D eigenvalue weighted by Crippen LogP contribution is -2.11. The molecule has 6 heteroatoms. The molecule has 19 heavy (non-hydrogen) atoms. The van der Waals surface area contributed by atoms with Crippen LogP contribution in [0.5, 0.6) is 0 Å². The van der Waals surface area contributed by atoms with E-state index in [1.165, 1.54) is 11.3 Å². The lowest BCUT2D eigenvalue weighted by molar-refractivity contribution is 0.103. The summed E-state index contributed by atoms with van der Waals surface area (Å²) in [5.74, 6) is 0.180. The highest BCUT2D eigenvalue weighted by molar-refractivity contribution is 7.20. The van der Waals surface area contributed by atoms with E-state index in [9.17, 15) is 4.79 Å². The molecule has 96 valence electrons. The number of carbonyl (C=O) groups is 1. The Morgan fingerprint density at radius 1 is 1.42 bits per heavy atom. The number of H-pyrrole nitrogens is 1. The zero-order valence-corrected chi connectivity index (χ0v) is 11.0. The maximum absolute atomic E-state index is 12.1. The minimum atomic E-state index is -0.195. The monoisotopic (exact) mass is 272 g/mol. The minimum Gasteiger partial charge on any atom is -0.394 e. The van der Waals surface area contributed by atoms with Gasteiger partial charge in [0.2, 0.25) is 0 Å². The molecule has 0 saturated carbocycles. The highest BCUT2D eigenvalue weighted by atomic mass is 32.1. The molecule has 5 nitrogen and oxygen atoms in total. The van der Waals surface area contributed by atoms with Gasteiger partial charge in [-0.2, -0.15) is 5.10 Å². The van der Waals surface area contributed by atoms with Crippen molar-refractivity contribution in [2.45, 2.75) is 6.92 Å². The van der Waals surface area contributed by atoms with E-state index in [0.717, 1.165) is 15.8 Å². The van der Waals surface area contributed by atoms with Gasteiger partial charge in [0.15, 0.2) is 5.82 Å². The number of nitrogens with one attached hydrogen (secondary N) is 2.